The Kier molecular flexibility index (Phi) is 2.91. The van der Waals surface area contributed by atoms with Gasteiger partial charge >= 0.3 is 0 Å². The molecule has 0 radical (unpaired) electrons. The van der Waals surface area contributed by atoms with Crippen molar-refractivity contribution in [2.75, 3.05) is 6.54 Å². The molecule has 0 saturated carbocycles. The maximum atomic E-state index is 11.7. The molecule has 3 heteroatoms. The number of nitriles is 1. The van der Waals surface area contributed by atoms with Crippen molar-refractivity contribution in [1.82, 2.24) is 4.90 Å². The summed E-state index contributed by atoms with van der Waals surface area (Å²) in [5.74, 6) is 0.326. The van der Waals surface area contributed by atoms with E-state index in [2.05, 4.69) is 6.07 Å². The minimum Gasteiger partial charge on any atom is -0.326 e. The van der Waals surface area contributed by atoms with Gasteiger partial charge in [-0.25, -0.2) is 0 Å². The first-order valence-corrected chi connectivity index (χ1v) is 5.46. The largest absolute Gasteiger partial charge is 0.326 e. The Bertz CT molecular complexity index is 421. The second-order valence-corrected chi connectivity index (χ2v) is 4.16. The van der Waals surface area contributed by atoms with E-state index < -0.39 is 0 Å². The van der Waals surface area contributed by atoms with Gasteiger partial charge in [0.2, 0.25) is 5.91 Å². The molecule has 0 bridgehead atoms. The molecule has 0 aliphatic carbocycles. The Balaban J connectivity index is 2.13. The molecule has 16 heavy (non-hydrogen) atoms. The minimum atomic E-state index is -0.318. The van der Waals surface area contributed by atoms with Crippen LogP contribution in [-0.2, 0) is 4.79 Å². The normalized spacial score (nSPS) is 21.9. The molecule has 1 aliphatic rings. The van der Waals surface area contributed by atoms with E-state index in [-0.39, 0.29) is 17.9 Å². The van der Waals surface area contributed by atoms with Crippen LogP contribution in [-0.4, -0.2) is 23.4 Å². The summed E-state index contributed by atoms with van der Waals surface area (Å²) in [7, 11) is 0. The molecule has 82 valence electrons. The summed E-state index contributed by atoms with van der Waals surface area (Å²) in [6.07, 6.45) is 0.524. The number of benzene rings is 1. The smallest absolute Gasteiger partial charge is 0.224 e. The molecule has 2 rings (SSSR count). The Morgan fingerprint density at radius 3 is 2.75 bits per heavy atom. The molecule has 1 amide bonds. The molecule has 0 aromatic heterocycles. The molecule has 1 aromatic rings. The second kappa shape index (κ2) is 4.36. The van der Waals surface area contributed by atoms with Crippen molar-refractivity contribution < 1.29 is 4.79 Å². The zero-order chi connectivity index (χ0) is 11.5. The van der Waals surface area contributed by atoms with Crippen LogP contribution in [0.1, 0.15) is 24.8 Å². The Hall–Kier alpha value is -1.82. The highest BCUT2D eigenvalue weighted by Gasteiger charge is 2.33. The van der Waals surface area contributed by atoms with E-state index in [0.29, 0.717) is 13.0 Å². The van der Waals surface area contributed by atoms with E-state index in [0.717, 1.165) is 0 Å². The van der Waals surface area contributed by atoms with Crippen LogP contribution in [0.3, 0.4) is 0 Å². The third kappa shape index (κ3) is 1.92. The van der Waals surface area contributed by atoms with Crippen molar-refractivity contribution >= 4 is 5.91 Å². The Morgan fingerprint density at radius 2 is 2.12 bits per heavy atom. The summed E-state index contributed by atoms with van der Waals surface area (Å²) in [6, 6.07) is 11.8. The third-order valence-electron chi connectivity index (χ3n) is 3.08. The number of carbonyl (C=O) groups excluding carboxylic acids is 1. The number of hydrogen-bond donors (Lipinski definition) is 0. The molecule has 2 unspecified atom stereocenters. The summed E-state index contributed by atoms with van der Waals surface area (Å²) < 4.78 is 0. The number of rotatable bonds is 2. The summed E-state index contributed by atoms with van der Waals surface area (Å²) >= 11 is 0. The van der Waals surface area contributed by atoms with Gasteiger partial charge in [0.05, 0.1) is 6.07 Å². The van der Waals surface area contributed by atoms with Crippen molar-refractivity contribution in [3.05, 3.63) is 35.9 Å². The van der Waals surface area contributed by atoms with Crippen molar-refractivity contribution in [1.29, 1.82) is 5.26 Å². The molecule has 1 aliphatic heterocycles. The highest BCUT2D eigenvalue weighted by molar-refractivity contribution is 5.80. The van der Waals surface area contributed by atoms with Gasteiger partial charge in [-0.2, -0.15) is 5.26 Å². The number of carbonyl (C=O) groups is 1. The number of hydrogen-bond acceptors (Lipinski definition) is 2. The standard InChI is InChI=1S/C13H14N2O/c1-10(8-14)15-9-12(7-13(15)16)11-5-3-2-4-6-11/h2-6,10,12H,7,9H2,1H3. The van der Waals surface area contributed by atoms with Crippen LogP contribution in [0.25, 0.3) is 0 Å². The van der Waals surface area contributed by atoms with Crippen molar-refractivity contribution in [3.8, 4) is 6.07 Å². The predicted octanol–water partition coefficient (Wildman–Crippen LogP) is 1.91. The van der Waals surface area contributed by atoms with Crippen LogP contribution in [0.15, 0.2) is 30.3 Å². The summed E-state index contributed by atoms with van der Waals surface area (Å²) in [5, 5.41) is 8.83. The first-order chi connectivity index (χ1) is 7.72. The first kappa shape index (κ1) is 10.7. The minimum absolute atomic E-state index is 0.0860. The van der Waals surface area contributed by atoms with E-state index in [4.69, 9.17) is 5.26 Å². The maximum Gasteiger partial charge on any atom is 0.224 e. The van der Waals surface area contributed by atoms with Crippen molar-refractivity contribution in [2.45, 2.75) is 25.3 Å². The molecule has 0 spiro atoms. The zero-order valence-corrected chi connectivity index (χ0v) is 9.26. The highest BCUT2D eigenvalue weighted by Crippen LogP contribution is 2.28. The van der Waals surface area contributed by atoms with Gasteiger partial charge in [0.15, 0.2) is 0 Å². The lowest BCUT2D eigenvalue weighted by Gasteiger charge is -2.18. The van der Waals surface area contributed by atoms with E-state index in [9.17, 15) is 4.79 Å². The lowest BCUT2D eigenvalue weighted by atomic mass is 9.98. The van der Waals surface area contributed by atoms with Crippen LogP contribution in [0, 0.1) is 11.3 Å². The Labute approximate surface area is 95.3 Å². The summed E-state index contributed by atoms with van der Waals surface area (Å²) in [4.78, 5) is 13.4. The van der Waals surface area contributed by atoms with Gasteiger partial charge in [0.25, 0.3) is 0 Å². The average Bonchev–Trinajstić information content (AvgIpc) is 2.71. The van der Waals surface area contributed by atoms with Gasteiger partial charge < -0.3 is 4.90 Å². The van der Waals surface area contributed by atoms with Gasteiger partial charge in [0.1, 0.15) is 6.04 Å². The molecule has 1 fully saturated rings. The van der Waals surface area contributed by atoms with Gasteiger partial charge in [-0.15, -0.1) is 0 Å². The van der Waals surface area contributed by atoms with E-state index in [1.54, 1.807) is 11.8 Å². The molecule has 1 heterocycles. The Morgan fingerprint density at radius 1 is 1.44 bits per heavy atom. The fraction of sp³-hybridized carbons (Fsp3) is 0.385. The third-order valence-corrected chi connectivity index (χ3v) is 3.08. The van der Waals surface area contributed by atoms with Crippen LogP contribution in [0.4, 0.5) is 0 Å². The van der Waals surface area contributed by atoms with Gasteiger partial charge in [-0.1, -0.05) is 30.3 Å². The molecule has 0 N–H and O–H groups in total. The number of likely N-dealkylation sites (tertiary alicyclic amines) is 1. The van der Waals surface area contributed by atoms with Crippen LogP contribution < -0.4 is 0 Å². The molecular weight excluding hydrogens is 200 g/mol. The lowest BCUT2D eigenvalue weighted by Crippen LogP contribution is -2.33. The van der Waals surface area contributed by atoms with Crippen molar-refractivity contribution in [2.24, 2.45) is 0 Å². The summed E-state index contributed by atoms with van der Waals surface area (Å²) in [6.45, 7) is 2.43. The molecule has 1 aromatic carbocycles. The summed E-state index contributed by atoms with van der Waals surface area (Å²) in [5.41, 5.74) is 1.18. The SMILES string of the molecule is CC(C#N)N1CC(c2ccccc2)CC1=O. The van der Waals surface area contributed by atoms with E-state index in [1.807, 2.05) is 30.3 Å². The highest BCUT2D eigenvalue weighted by atomic mass is 16.2. The van der Waals surface area contributed by atoms with Gasteiger partial charge in [-0.05, 0) is 12.5 Å². The average molecular weight is 214 g/mol. The van der Waals surface area contributed by atoms with Gasteiger partial charge in [0, 0.05) is 18.9 Å². The predicted molar refractivity (Wildman–Crippen MR) is 60.6 cm³/mol. The maximum absolute atomic E-state index is 11.7. The molecule has 1 saturated heterocycles. The fourth-order valence-corrected chi connectivity index (χ4v) is 2.12. The topological polar surface area (TPSA) is 44.1 Å². The van der Waals surface area contributed by atoms with Crippen LogP contribution >= 0.6 is 0 Å². The quantitative estimate of drug-likeness (QED) is 0.754. The van der Waals surface area contributed by atoms with E-state index >= 15 is 0 Å². The molecule has 3 nitrogen and oxygen atoms in total. The number of nitrogens with zero attached hydrogens (tertiary/aromatic N) is 2. The molecule has 2 atom stereocenters. The lowest BCUT2D eigenvalue weighted by molar-refractivity contribution is -0.128. The zero-order valence-electron chi connectivity index (χ0n) is 9.26. The monoisotopic (exact) mass is 214 g/mol. The molecular formula is C13H14N2O. The number of amides is 1. The first-order valence-electron chi connectivity index (χ1n) is 5.46. The fourth-order valence-electron chi connectivity index (χ4n) is 2.12. The second-order valence-electron chi connectivity index (χ2n) is 4.16. The van der Waals surface area contributed by atoms with Crippen LogP contribution in [0.2, 0.25) is 0 Å². The van der Waals surface area contributed by atoms with E-state index in [1.165, 1.54) is 5.56 Å². The van der Waals surface area contributed by atoms with Crippen molar-refractivity contribution in [3.63, 3.8) is 0 Å². The van der Waals surface area contributed by atoms with Gasteiger partial charge in [-0.3, -0.25) is 4.79 Å². The van der Waals surface area contributed by atoms with Crippen LogP contribution in [0.5, 0.6) is 0 Å².